The number of methoxy groups -OCH3 is 1. The van der Waals surface area contributed by atoms with Crippen molar-refractivity contribution in [3.63, 3.8) is 0 Å². The van der Waals surface area contributed by atoms with Gasteiger partial charge in [0.1, 0.15) is 0 Å². The molecule has 2 rings (SSSR count). The Morgan fingerprint density at radius 3 is 3.00 bits per heavy atom. The number of anilines is 1. The molecule has 1 heterocycles. The normalized spacial score (nSPS) is 17.8. The molecule has 1 aliphatic rings. The molecule has 3 N–H and O–H groups in total. The lowest BCUT2D eigenvalue weighted by molar-refractivity contribution is 0.0200. The molecule has 7 heteroatoms. The van der Waals surface area contributed by atoms with Gasteiger partial charge in [-0.2, -0.15) is 0 Å². The van der Waals surface area contributed by atoms with Gasteiger partial charge < -0.3 is 25.3 Å². The Balaban J connectivity index is 0.00000264. The average Bonchev–Trinajstić information content (AvgIpc) is 3.02. The van der Waals surface area contributed by atoms with Crippen molar-refractivity contribution in [1.29, 1.82) is 0 Å². The van der Waals surface area contributed by atoms with Crippen LogP contribution >= 0.6 is 24.0 Å². The summed E-state index contributed by atoms with van der Waals surface area (Å²) in [4.78, 5) is 4.26. The molecule has 1 saturated heterocycles. The van der Waals surface area contributed by atoms with E-state index < -0.39 is 0 Å². The molecule has 1 unspecified atom stereocenters. The van der Waals surface area contributed by atoms with Crippen LogP contribution in [0.15, 0.2) is 29.3 Å². The SMILES string of the molecule is COCc1ccccc1NC(N)=NCCOCC1CCCO1.I. The predicted molar refractivity (Wildman–Crippen MR) is 102 cm³/mol. The van der Waals surface area contributed by atoms with Gasteiger partial charge in [0.2, 0.25) is 0 Å². The van der Waals surface area contributed by atoms with Gasteiger partial charge in [0.15, 0.2) is 5.96 Å². The van der Waals surface area contributed by atoms with Crippen LogP contribution in [0.2, 0.25) is 0 Å². The lowest BCUT2D eigenvalue weighted by atomic mass is 10.2. The number of nitrogens with zero attached hydrogens (tertiary/aromatic N) is 1. The third-order valence-electron chi connectivity index (χ3n) is 3.43. The first-order valence-corrected chi connectivity index (χ1v) is 7.62. The van der Waals surface area contributed by atoms with Crippen LogP contribution in [0.3, 0.4) is 0 Å². The monoisotopic (exact) mass is 435 g/mol. The maximum atomic E-state index is 5.89. The number of halogens is 1. The van der Waals surface area contributed by atoms with E-state index in [2.05, 4.69) is 10.3 Å². The number of para-hydroxylation sites is 1. The molecule has 1 aromatic carbocycles. The molecular weight excluding hydrogens is 409 g/mol. The molecule has 0 aromatic heterocycles. The second-order valence-electron chi connectivity index (χ2n) is 5.19. The van der Waals surface area contributed by atoms with Gasteiger partial charge in [-0.25, -0.2) is 0 Å². The van der Waals surface area contributed by atoms with E-state index in [9.17, 15) is 0 Å². The molecule has 23 heavy (non-hydrogen) atoms. The molecule has 1 aromatic rings. The molecule has 130 valence electrons. The topological polar surface area (TPSA) is 78.1 Å². The summed E-state index contributed by atoms with van der Waals surface area (Å²) in [6, 6.07) is 7.85. The number of nitrogens with one attached hydrogen (secondary N) is 1. The lowest BCUT2D eigenvalue weighted by Gasteiger charge is -2.11. The van der Waals surface area contributed by atoms with Crippen molar-refractivity contribution in [3.05, 3.63) is 29.8 Å². The highest BCUT2D eigenvalue weighted by Gasteiger charge is 2.14. The third-order valence-corrected chi connectivity index (χ3v) is 3.43. The average molecular weight is 435 g/mol. The standard InChI is InChI=1S/C16H25N3O3.HI/c1-20-11-13-5-2-3-7-15(13)19-16(17)18-8-10-21-12-14-6-4-9-22-14;/h2-3,5,7,14H,4,6,8-12H2,1H3,(H3,17,18,19);1H. The quantitative estimate of drug-likeness (QED) is 0.284. The zero-order chi connectivity index (χ0) is 15.6. The molecule has 0 amide bonds. The molecule has 0 saturated carbocycles. The molecule has 0 spiro atoms. The Labute approximate surface area is 154 Å². The maximum absolute atomic E-state index is 5.89. The summed E-state index contributed by atoms with van der Waals surface area (Å²) in [7, 11) is 1.67. The van der Waals surface area contributed by atoms with Gasteiger partial charge in [-0.3, -0.25) is 4.99 Å². The minimum atomic E-state index is 0. The first-order valence-electron chi connectivity index (χ1n) is 7.62. The molecule has 0 bridgehead atoms. The van der Waals surface area contributed by atoms with Crippen LogP contribution in [0.25, 0.3) is 0 Å². The molecule has 0 radical (unpaired) electrons. The Morgan fingerprint density at radius 1 is 1.43 bits per heavy atom. The maximum Gasteiger partial charge on any atom is 0.193 e. The van der Waals surface area contributed by atoms with Crippen molar-refractivity contribution < 1.29 is 14.2 Å². The van der Waals surface area contributed by atoms with E-state index in [0.717, 1.165) is 30.7 Å². The zero-order valence-corrected chi connectivity index (χ0v) is 15.8. The first kappa shape index (κ1) is 20.1. The van der Waals surface area contributed by atoms with Crippen LogP contribution < -0.4 is 11.1 Å². The molecular formula is C16H26IN3O3. The number of ether oxygens (including phenoxy) is 3. The highest BCUT2D eigenvalue weighted by atomic mass is 127. The smallest absolute Gasteiger partial charge is 0.193 e. The van der Waals surface area contributed by atoms with E-state index in [1.54, 1.807) is 7.11 Å². The highest BCUT2D eigenvalue weighted by Crippen LogP contribution is 2.15. The number of aliphatic imine (C=N–C) groups is 1. The molecule has 1 aliphatic heterocycles. The van der Waals surface area contributed by atoms with E-state index in [1.165, 1.54) is 0 Å². The van der Waals surface area contributed by atoms with Crippen LogP contribution in [-0.2, 0) is 20.8 Å². The van der Waals surface area contributed by atoms with Gasteiger partial charge in [-0.1, -0.05) is 18.2 Å². The first-order chi connectivity index (χ1) is 10.8. The van der Waals surface area contributed by atoms with Crippen LogP contribution in [0.1, 0.15) is 18.4 Å². The summed E-state index contributed by atoms with van der Waals surface area (Å²) < 4.78 is 16.2. The number of guanidine groups is 1. The Morgan fingerprint density at radius 2 is 2.26 bits per heavy atom. The van der Waals surface area contributed by atoms with Crippen molar-refractivity contribution in [3.8, 4) is 0 Å². The van der Waals surface area contributed by atoms with E-state index in [1.807, 2.05) is 24.3 Å². The van der Waals surface area contributed by atoms with E-state index >= 15 is 0 Å². The Bertz CT molecular complexity index is 479. The van der Waals surface area contributed by atoms with Gasteiger partial charge in [-0.05, 0) is 18.9 Å². The van der Waals surface area contributed by atoms with Crippen LogP contribution in [0, 0.1) is 0 Å². The van der Waals surface area contributed by atoms with E-state index in [0.29, 0.717) is 32.3 Å². The summed E-state index contributed by atoms with van der Waals surface area (Å²) in [5, 5.41) is 3.09. The fourth-order valence-corrected chi connectivity index (χ4v) is 2.32. The summed E-state index contributed by atoms with van der Waals surface area (Å²) in [5.74, 6) is 0.379. The summed E-state index contributed by atoms with van der Waals surface area (Å²) in [6.45, 7) is 3.09. The van der Waals surface area contributed by atoms with Crippen molar-refractivity contribution in [1.82, 2.24) is 0 Å². The lowest BCUT2D eigenvalue weighted by Crippen LogP contribution is -2.24. The van der Waals surface area contributed by atoms with Crippen LogP contribution in [0.5, 0.6) is 0 Å². The second kappa shape index (κ2) is 11.6. The van der Waals surface area contributed by atoms with Crippen LogP contribution in [-0.4, -0.2) is 45.5 Å². The fourth-order valence-electron chi connectivity index (χ4n) is 2.32. The number of hydrogen-bond acceptors (Lipinski definition) is 4. The van der Waals surface area contributed by atoms with Crippen molar-refractivity contribution in [2.45, 2.75) is 25.6 Å². The second-order valence-corrected chi connectivity index (χ2v) is 5.19. The summed E-state index contributed by atoms with van der Waals surface area (Å²) >= 11 is 0. The molecule has 6 nitrogen and oxygen atoms in total. The van der Waals surface area contributed by atoms with Gasteiger partial charge in [0.05, 0.1) is 32.5 Å². The van der Waals surface area contributed by atoms with Crippen molar-refractivity contribution >= 4 is 35.6 Å². The minimum absolute atomic E-state index is 0. The van der Waals surface area contributed by atoms with Crippen LogP contribution in [0.4, 0.5) is 5.69 Å². The molecule has 0 aliphatic carbocycles. The number of rotatable bonds is 8. The zero-order valence-electron chi connectivity index (χ0n) is 13.5. The van der Waals surface area contributed by atoms with E-state index in [4.69, 9.17) is 19.9 Å². The van der Waals surface area contributed by atoms with E-state index in [-0.39, 0.29) is 30.1 Å². The largest absolute Gasteiger partial charge is 0.380 e. The van der Waals surface area contributed by atoms with Gasteiger partial charge >= 0.3 is 0 Å². The predicted octanol–water partition coefficient (Wildman–Crippen LogP) is 2.37. The van der Waals surface area contributed by atoms with Crippen molar-refractivity contribution in [2.24, 2.45) is 10.7 Å². The number of hydrogen-bond donors (Lipinski definition) is 2. The highest BCUT2D eigenvalue weighted by molar-refractivity contribution is 14.0. The van der Waals surface area contributed by atoms with Gasteiger partial charge in [-0.15, -0.1) is 24.0 Å². The number of benzene rings is 1. The van der Waals surface area contributed by atoms with Gasteiger partial charge in [0, 0.05) is 25.0 Å². The van der Waals surface area contributed by atoms with Crippen molar-refractivity contribution in [2.75, 3.05) is 38.8 Å². The Hall–Kier alpha value is -0.900. The Kier molecular flexibility index (Phi) is 10.2. The summed E-state index contributed by atoms with van der Waals surface area (Å²) in [5.41, 5.74) is 7.84. The fraction of sp³-hybridized carbons (Fsp3) is 0.562. The third kappa shape index (κ3) is 7.47. The minimum Gasteiger partial charge on any atom is -0.380 e. The molecule has 1 atom stereocenters. The summed E-state index contributed by atoms with van der Waals surface area (Å²) in [6.07, 6.45) is 2.47. The molecule has 1 fully saturated rings. The van der Waals surface area contributed by atoms with Gasteiger partial charge in [0.25, 0.3) is 0 Å². The number of nitrogens with two attached hydrogens (primary N) is 1.